The highest BCUT2D eigenvalue weighted by molar-refractivity contribution is 6.36. The molecule has 150 valence electrons. The Morgan fingerprint density at radius 3 is 2.14 bits per heavy atom. The number of carbonyl (C=O) groups is 1. The summed E-state index contributed by atoms with van der Waals surface area (Å²) < 4.78 is 21.5. The number of methoxy groups -OCH3 is 4. The van der Waals surface area contributed by atoms with Crippen molar-refractivity contribution in [2.75, 3.05) is 28.4 Å². The summed E-state index contributed by atoms with van der Waals surface area (Å²) in [6, 6.07) is 10.8. The summed E-state index contributed by atoms with van der Waals surface area (Å²) in [5, 5.41) is 0. The molecule has 2 aromatic rings. The summed E-state index contributed by atoms with van der Waals surface area (Å²) >= 11 is 0. The van der Waals surface area contributed by atoms with Crippen LogP contribution in [0.1, 0.15) is 29.8 Å². The molecular formula is C22H27NO5. The van der Waals surface area contributed by atoms with Crippen molar-refractivity contribution in [2.45, 2.75) is 25.8 Å². The van der Waals surface area contributed by atoms with Crippen molar-refractivity contribution >= 4 is 12.0 Å². The van der Waals surface area contributed by atoms with E-state index in [4.69, 9.17) is 18.9 Å². The first kappa shape index (κ1) is 21.3. The van der Waals surface area contributed by atoms with Crippen molar-refractivity contribution in [1.29, 1.82) is 0 Å². The number of carbonyl (C=O) groups excluding carboxylic acids is 1. The molecular weight excluding hydrogens is 358 g/mol. The number of rotatable bonds is 9. The van der Waals surface area contributed by atoms with Gasteiger partial charge in [0.2, 0.25) is 11.5 Å². The maximum absolute atomic E-state index is 12.5. The quantitative estimate of drug-likeness (QED) is 0.482. The summed E-state index contributed by atoms with van der Waals surface area (Å²) in [6.45, 7) is 3.91. The van der Waals surface area contributed by atoms with Crippen LogP contribution in [-0.2, 0) is 6.42 Å². The lowest BCUT2D eigenvalue weighted by Crippen LogP contribution is -2.22. The van der Waals surface area contributed by atoms with Gasteiger partial charge < -0.3 is 18.9 Å². The van der Waals surface area contributed by atoms with Gasteiger partial charge in [-0.15, -0.1) is 0 Å². The van der Waals surface area contributed by atoms with Gasteiger partial charge in [-0.3, -0.25) is 9.79 Å². The standard InChI is InChI=1S/C22H27NO5/c1-22(2,23-14-17(24)16-9-7-8-10-18(16)25-3)13-15-11-12-19(26-4)21(28-6)20(15)27-5/h7-12,14H,13H2,1-6H3/b23-14+. The highest BCUT2D eigenvalue weighted by Crippen LogP contribution is 2.41. The van der Waals surface area contributed by atoms with Gasteiger partial charge in [-0.2, -0.15) is 0 Å². The van der Waals surface area contributed by atoms with E-state index in [1.165, 1.54) is 13.3 Å². The van der Waals surface area contributed by atoms with Crippen molar-refractivity contribution in [2.24, 2.45) is 4.99 Å². The first-order valence-electron chi connectivity index (χ1n) is 8.87. The van der Waals surface area contributed by atoms with Gasteiger partial charge in [-0.05, 0) is 32.0 Å². The first-order valence-corrected chi connectivity index (χ1v) is 8.87. The SMILES string of the molecule is COc1ccccc1C(=O)/C=N/C(C)(C)Cc1ccc(OC)c(OC)c1OC. The van der Waals surface area contributed by atoms with E-state index >= 15 is 0 Å². The Hall–Kier alpha value is -3.02. The number of para-hydroxylation sites is 1. The summed E-state index contributed by atoms with van der Waals surface area (Å²) in [5.41, 5.74) is 0.852. The van der Waals surface area contributed by atoms with E-state index in [0.717, 1.165) is 5.56 Å². The molecule has 2 rings (SSSR count). The van der Waals surface area contributed by atoms with E-state index in [-0.39, 0.29) is 5.78 Å². The Morgan fingerprint density at radius 1 is 0.893 bits per heavy atom. The first-order chi connectivity index (χ1) is 13.4. The molecule has 6 nitrogen and oxygen atoms in total. The second-order valence-electron chi connectivity index (χ2n) is 6.81. The molecule has 0 saturated carbocycles. The third kappa shape index (κ3) is 4.82. The van der Waals surface area contributed by atoms with Crippen LogP contribution >= 0.6 is 0 Å². The number of hydrogen-bond acceptors (Lipinski definition) is 6. The van der Waals surface area contributed by atoms with Crippen LogP contribution in [0, 0.1) is 0 Å². The third-order valence-electron chi connectivity index (χ3n) is 4.31. The number of ketones is 1. The number of ether oxygens (including phenoxy) is 4. The highest BCUT2D eigenvalue weighted by atomic mass is 16.5. The monoisotopic (exact) mass is 385 g/mol. The molecule has 0 aliphatic rings. The minimum Gasteiger partial charge on any atom is -0.496 e. The zero-order chi connectivity index (χ0) is 20.7. The lowest BCUT2D eigenvalue weighted by molar-refractivity contribution is 0.106. The number of aliphatic imine (C=N–C) groups is 1. The Morgan fingerprint density at radius 2 is 1.54 bits per heavy atom. The normalized spacial score (nSPS) is 11.4. The largest absolute Gasteiger partial charge is 0.496 e. The molecule has 0 amide bonds. The van der Waals surface area contributed by atoms with E-state index in [2.05, 4.69) is 4.99 Å². The van der Waals surface area contributed by atoms with Gasteiger partial charge >= 0.3 is 0 Å². The summed E-state index contributed by atoms with van der Waals surface area (Å²) in [6.07, 6.45) is 1.90. The van der Waals surface area contributed by atoms with Gasteiger partial charge in [0.1, 0.15) is 5.75 Å². The topological polar surface area (TPSA) is 66.4 Å². The lowest BCUT2D eigenvalue weighted by atomic mass is 9.94. The molecule has 0 fully saturated rings. The van der Waals surface area contributed by atoms with Crippen LogP contribution in [0.5, 0.6) is 23.0 Å². The molecule has 0 aliphatic heterocycles. The molecule has 0 aromatic heterocycles. The second kappa shape index (κ2) is 9.26. The fourth-order valence-electron chi connectivity index (χ4n) is 2.97. The van der Waals surface area contributed by atoms with Crippen molar-refractivity contribution in [3.8, 4) is 23.0 Å². The molecule has 0 radical (unpaired) electrons. The average molecular weight is 385 g/mol. The molecule has 0 saturated heterocycles. The summed E-state index contributed by atoms with van der Waals surface area (Å²) in [5.74, 6) is 2.05. The highest BCUT2D eigenvalue weighted by Gasteiger charge is 2.23. The van der Waals surface area contributed by atoms with E-state index in [1.807, 2.05) is 32.0 Å². The van der Waals surface area contributed by atoms with Gasteiger partial charge in [0.15, 0.2) is 11.5 Å². The Labute approximate surface area is 166 Å². The maximum Gasteiger partial charge on any atom is 0.207 e. The van der Waals surface area contributed by atoms with Crippen molar-refractivity contribution in [1.82, 2.24) is 0 Å². The smallest absolute Gasteiger partial charge is 0.207 e. The summed E-state index contributed by atoms with van der Waals surface area (Å²) in [7, 11) is 6.27. The Kier molecular flexibility index (Phi) is 7.04. The molecule has 0 heterocycles. The average Bonchev–Trinajstić information content (AvgIpc) is 2.71. The molecule has 0 N–H and O–H groups in total. The number of benzene rings is 2. The molecule has 0 atom stereocenters. The van der Waals surface area contributed by atoms with Crippen LogP contribution < -0.4 is 18.9 Å². The van der Waals surface area contributed by atoms with Gasteiger partial charge in [-0.1, -0.05) is 18.2 Å². The number of hydrogen-bond donors (Lipinski definition) is 0. The van der Waals surface area contributed by atoms with Gasteiger partial charge in [0.25, 0.3) is 0 Å². The molecule has 28 heavy (non-hydrogen) atoms. The van der Waals surface area contributed by atoms with Crippen LogP contribution in [0.15, 0.2) is 41.4 Å². The lowest BCUT2D eigenvalue weighted by Gasteiger charge is -2.22. The summed E-state index contributed by atoms with van der Waals surface area (Å²) in [4.78, 5) is 17.1. The maximum atomic E-state index is 12.5. The van der Waals surface area contributed by atoms with Crippen LogP contribution in [0.25, 0.3) is 0 Å². The predicted octanol–water partition coefficient (Wildman–Crippen LogP) is 4.00. The number of Topliss-reactive ketones (excluding diaryl/α,β-unsaturated/α-hetero) is 1. The Bertz CT molecular complexity index is 858. The fourth-order valence-corrected chi connectivity index (χ4v) is 2.97. The van der Waals surface area contributed by atoms with Crippen molar-refractivity contribution in [3.05, 3.63) is 47.5 Å². The predicted molar refractivity (Wildman–Crippen MR) is 110 cm³/mol. The third-order valence-corrected chi connectivity index (χ3v) is 4.31. The number of nitrogens with zero attached hydrogens (tertiary/aromatic N) is 1. The molecule has 6 heteroatoms. The minimum atomic E-state index is -0.537. The fraction of sp³-hybridized carbons (Fsp3) is 0.364. The van der Waals surface area contributed by atoms with Gasteiger partial charge in [0.05, 0.1) is 45.8 Å². The zero-order valence-electron chi connectivity index (χ0n) is 17.2. The van der Waals surface area contributed by atoms with E-state index in [1.54, 1.807) is 39.5 Å². The minimum absolute atomic E-state index is 0.204. The van der Waals surface area contributed by atoms with E-state index in [0.29, 0.717) is 35.0 Å². The molecule has 0 aliphatic carbocycles. The molecule has 0 bridgehead atoms. The van der Waals surface area contributed by atoms with Crippen molar-refractivity contribution in [3.63, 3.8) is 0 Å². The zero-order valence-corrected chi connectivity index (χ0v) is 17.2. The molecule has 0 unspecified atom stereocenters. The van der Waals surface area contributed by atoms with E-state index in [9.17, 15) is 4.79 Å². The second-order valence-corrected chi connectivity index (χ2v) is 6.81. The Balaban J connectivity index is 2.26. The molecule has 2 aromatic carbocycles. The van der Waals surface area contributed by atoms with Crippen LogP contribution in [0.4, 0.5) is 0 Å². The van der Waals surface area contributed by atoms with Crippen LogP contribution in [0.3, 0.4) is 0 Å². The van der Waals surface area contributed by atoms with E-state index < -0.39 is 5.54 Å². The molecule has 0 spiro atoms. The van der Waals surface area contributed by atoms with Crippen molar-refractivity contribution < 1.29 is 23.7 Å². The van der Waals surface area contributed by atoms with Gasteiger partial charge in [-0.25, -0.2) is 0 Å². The van der Waals surface area contributed by atoms with Gasteiger partial charge in [0, 0.05) is 12.0 Å². The van der Waals surface area contributed by atoms with Crippen LogP contribution in [0.2, 0.25) is 0 Å². The van der Waals surface area contributed by atoms with Crippen LogP contribution in [-0.4, -0.2) is 46.0 Å².